The number of imide groups is 1. The molecule has 4 aromatic rings. The maximum Gasteiger partial charge on any atom is 0.343 e. The Labute approximate surface area is 433 Å². The number of rotatable bonds is 22. The first-order valence-electron chi connectivity index (χ1n) is 25.1. The predicted molar refractivity (Wildman–Crippen MR) is 265 cm³/mol. The summed E-state index contributed by atoms with van der Waals surface area (Å²) in [6.07, 6.45) is 4.95. The number of carbonyl (C=O) groups is 9. The third kappa shape index (κ3) is 10.6. The molecule has 4 atom stereocenters. The quantitative estimate of drug-likeness (QED) is 0.0180. The van der Waals surface area contributed by atoms with Crippen LogP contribution in [0.2, 0.25) is 0 Å². The molecule has 4 aliphatic heterocycles. The monoisotopic (exact) mass is 1050 g/mol. The standard InChI is InChI=1S/C53H56FN9O13/c1-3-53(74)33-19-38-48-31(24-62(38)50(71)32(33)25-76-52(53)73)47-37(14-13-30-28(2)34(54)20-35(60-48)46(30)47)63-39(51(63)72)26-75-27-58-42(66)22-57-49(70)36(18-29-10-6-4-7-11-29)59-43(67)23-56-41(65)21-55-40(64)12-8-5-9-17-61-44(68)15-16-45(61)69/h4,6-7,10-11,15-16,19-20,36-37,39,74H,3,5,8-9,12-14,17-18,21-27H2,1-2H3,(H,55,64)(H,56,65)(H,57,70)(H,58,66)(H,59,67)/t36-,37-,39?,53-,63?/m0/s1. The van der Waals surface area contributed by atoms with E-state index < -0.39 is 90.2 Å². The van der Waals surface area contributed by atoms with Crippen LogP contribution in [-0.2, 0) is 84.2 Å². The third-order valence-electron chi connectivity index (χ3n) is 14.6. The van der Waals surface area contributed by atoms with Crippen molar-refractivity contribution in [1.82, 2.24) is 45.9 Å². The highest BCUT2D eigenvalue weighted by Gasteiger charge is 2.53. The minimum Gasteiger partial charge on any atom is -0.458 e. The summed E-state index contributed by atoms with van der Waals surface area (Å²) >= 11 is 0. The molecule has 398 valence electrons. The normalized spacial score (nSPS) is 19.2. The van der Waals surface area contributed by atoms with E-state index in [1.165, 1.54) is 22.8 Å². The summed E-state index contributed by atoms with van der Waals surface area (Å²) in [5.74, 6) is -5.36. The van der Waals surface area contributed by atoms with E-state index in [0.29, 0.717) is 71.1 Å². The van der Waals surface area contributed by atoms with E-state index in [4.69, 9.17) is 14.5 Å². The summed E-state index contributed by atoms with van der Waals surface area (Å²) in [5.41, 5.74) is 2.14. The topological polar surface area (TPSA) is 294 Å². The molecule has 23 heteroatoms. The molecule has 1 fully saturated rings. The lowest BCUT2D eigenvalue weighted by Crippen LogP contribution is -2.52. The summed E-state index contributed by atoms with van der Waals surface area (Å²) in [4.78, 5) is 135. The van der Waals surface area contributed by atoms with Gasteiger partial charge in [-0.25, -0.2) is 14.2 Å². The highest BCUT2D eigenvalue weighted by Crippen LogP contribution is 2.50. The van der Waals surface area contributed by atoms with Gasteiger partial charge in [0.15, 0.2) is 5.60 Å². The molecule has 5 aliphatic rings. The van der Waals surface area contributed by atoms with Crippen LogP contribution in [0, 0.1) is 12.7 Å². The van der Waals surface area contributed by atoms with Gasteiger partial charge in [-0.05, 0) is 67.3 Å². The van der Waals surface area contributed by atoms with Crippen molar-refractivity contribution in [3.63, 3.8) is 0 Å². The summed E-state index contributed by atoms with van der Waals surface area (Å²) in [6, 6.07) is 9.35. The number of fused-ring (bicyclic) bond motifs is 5. The Kier molecular flexibility index (Phi) is 15.2. The van der Waals surface area contributed by atoms with Gasteiger partial charge in [0.2, 0.25) is 35.4 Å². The molecule has 1 aliphatic carbocycles. The first-order chi connectivity index (χ1) is 36.5. The number of aliphatic hydroxyl groups is 1. The summed E-state index contributed by atoms with van der Waals surface area (Å²) in [7, 11) is 0. The van der Waals surface area contributed by atoms with Crippen LogP contribution in [0.25, 0.3) is 22.3 Å². The van der Waals surface area contributed by atoms with E-state index in [9.17, 15) is 53.1 Å². The van der Waals surface area contributed by atoms with Gasteiger partial charge in [-0.15, -0.1) is 0 Å². The first kappa shape index (κ1) is 52.7. The Hall–Kier alpha value is -8.18. The van der Waals surface area contributed by atoms with Crippen molar-refractivity contribution < 1.29 is 62.1 Å². The average Bonchev–Trinajstić information content (AvgIpc) is 3.93. The van der Waals surface area contributed by atoms with E-state index in [2.05, 4.69) is 26.6 Å². The van der Waals surface area contributed by atoms with Gasteiger partial charge >= 0.3 is 5.97 Å². The van der Waals surface area contributed by atoms with Crippen LogP contribution in [0.4, 0.5) is 4.39 Å². The number of esters is 1. The Balaban J connectivity index is 0.756. The predicted octanol–water partition coefficient (Wildman–Crippen LogP) is 0.377. The second kappa shape index (κ2) is 22.0. The van der Waals surface area contributed by atoms with E-state index >= 15 is 4.39 Å². The van der Waals surface area contributed by atoms with Gasteiger partial charge in [-0.2, -0.15) is 0 Å². The number of aromatic nitrogens is 2. The average molecular weight is 1050 g/mol. The van der Waals surface area contributed by atoms with Crippen molar-refractivity contribution in [1.29, 1.82) is 0 Å². The molecule has 9 rings (SSSR count). The lowest BCUT2D eigenvalue weighted by atomic mass is 9.81. The lowest BCUT2D eigenvalue weighted by Gasteiger charge is -2.31. The second-order valence-electron chi connectivity index (χ2n) is 19.3. The zero-order valence-electron chi connectivity index (χ0n) is 41.8. The molecule has 1 saturated heterocycles. The third-order valence-corrected chi connectivity index (χ3v) is 14.6. The molecule has 0 spiro atoms. The number of halogens is 1. The van der Waals surface area contributed by atoms with E-state index in [1.54, 1.807) is 55.1 Å². The number of hydrogen-bond acceptors (Lipinski definition) is 14. The summed E-state index contributed by atoms with van der Waals surface area (Å²) < 4.78 is 27.9. The Morgan fingerprint density at radius 1 is 0.882 bits per heavy atom. The summed E-state index contributed by atoms with van der Waals surface area (Å²) in [5, 5.41) is 24.6. The van der Waals surface area contributed by atoms with Crippen LogP contribution in [0.5, 0.6) is 0 Å². The minimum atomic E-state index is -2.05. The largest absolute Gasteiger partial charge is 0.458 e. The van der Waals surface area contributed by atoms with Crippen molar-refractivity contribution in [2.75, 3.05) is 39.5 Å². The number of ether oxygens (including phenoxy) is 2. The number of aryl methyl sites for hydroxylation is 1. The van der Waals surface area contributed by atoms with Crippen LogP contribution >= 0.6 is 0 Å². The van der Waals surface area contributed by atoms with E-state index in [1.807, 2.05) is 0 Å². The molecule has 76 heavy (non-hydrogen) atoms. The molecule has 22 nitrogen and oxygen atoms in total. The zero-order valence-corrected chi connectivity index (χ0v) is 41.8. The molecule has 6 N–H and O–H groups in total. The van der Waals surface area contributed by atoms with Gasteiger partial charge in [0, 0.05) is 54.1 Å². The van der Waals surface area contributed by atoms with Gasteiger partial charge < -0.3 is 50.6 Å². The van der Waals surface area contributed by atoms with Crippen molar-refractivity contribution in [2.45, 2.75) is 102 Å². The molecule has 6 heterocycles. The number of carbonyl (C=O) groups excluding carboxylic acids is 9. The van der Waals surface area contributed by atoms with Crippen LogP contribution in [0.1, 0.15) is 90.4 Å². The number of nitrogens with zero attached hydrogens (tertiary/aromatic N) is 4. The molecule has 0 saturated carbocycles. The smallest absolute Gasteiger partial charge is 0.343 e. The summed E-state index contributed by atoms with van der Waals surface area (Å²) in [6.45, 7) is 1.47. The van der Waals surface area contributed by atoms with Gasteiger partial charge in [-0.1, -0.05) is 43.7 Å². The van der Waals surface area contributed by atoms with Crippen LogP contribution in [0.3, 0.4) is 0 Å². The van der Waals surface area contributed by atoms with Crippen molar-refractivity contribution >= 4 is 64.1 Å². The number of amides is 8. The fourth-order valence-corrected chi connectivity index (χ4v) is 10.4. The lowest BCUT2D eigenvalue weighted by molar-refractivity contribution is -0.172. The van der Waals surface area contributed by atoms with E-state index in [0.717, 1.165) is 16.0 Å². The molecular formula is C53H56FN9O13. The van der Waals surface area contributed by atoms with Crippen molar-refractivity contribution in [3.8, 4) is 11.4 Å². The first-order valence-corrected chi connectivity index (χ1v) is 25.1. The second-order valence-corrected chi connectivity index (χ2v) is 19.3. The molecule has 0 bridgehead atoms. The van der Waals surface area contributed by atoms with E-state index in [-0.39, 0.29) is 81.1 Å². The van der Waals surface area contributed by atoms with Crippen molar-refractivity contribution in [2.24, 2.45) is 0 Å². The Bertz CT molecular complexity index is 3180. The molecular weight excluding hydrogens is 990 g/mol. The van der Waals surface area contributed by atoms with Crippen molar-refractivity contribution in [3.05, 3.63) is 110 Å². The highest BCUT2D eigenvalue weighted by molar-refractivity contribution is 6.12. The van der Waals surface area contributed by atoms with Crippen LogP contribution < -0.4 is 32.1 Å². The Morgan fingerprint density at radius 3 is 2.34 bits per heavy atom. The molecule has 2 aromatic heterocycles. The van der Waals surface area contributed by atoms with Gasteiger partial charge in [-0.3, -0.25) is 48.1 Å². The Morgan fingerprint density at radius 2 is 1.59 bits per heavy atom. The number of unbranched alkanes of at least 4 members (excludes halogenated alkanes) is 2. The minimum absolute atomic E-state index is 0.0439. The number of hydrogen-bond donors (Lipinski definition) is 6. The van der Waals surface area contributed by atoms with Crippen LogP contribution in [-0.4, -0.2) is 129 Å². The fraction of sp³-hybridized carbons (Fsp3) is 0.415. The number of benzene rings is 2. The number of cyclic esters (lactones) is 1. The SMILES string of the molecule is CC[C@@]1(O)C(=O)OCc2c1cc1n(c2=O)Cc2c-1nc1cc(F)c(C)c3c1c2[C@@H](N1C(=O)C1COCNC(=O)CNC(=O)[C@H](Cc1ccccc1)NC(=O)CNC(=O)CNC(=O)CCCCCN1C(=O)C=CC1=O)CC3. The van der Waals surface area contributed by atoms with Gasteiger partial charge in [0.05, 0.1) is 61.3 Å². The maximum atomic E-state index is 15.4. The molecule has 1 unspecified atom stereocenters. The maximum absolute atomic E-state index is 15.4. The number of nitrogens with one attached hydrogen (secondary N) is 5. The van der Waals surface area contributed by atoms with Gasteiger partial charge in [0.1, 0.15) is 31.2 Å². The molecule has 8 amide bonds. The molecule has 2 aromatic carbocycles. The zero-order chi connectivity index (χ0) is 54.0. The number of pyridine rings is 2. The van der Waals surface area contributed by atoms with Gasteiger partial charge in [0.25, 0.3) is 17.4 Å². The fourth-order valence-electron chi connectivity index (χ4n) is 10.4. The highest BCUT2D eigenvalue weighted by atomic mass is 19.1. The van der Waals surface area contributed by atoms with Crippen LogP contribution in [0.15, 0.2) is 59.4 Å². The molecule has 0 radical (unpaired) electrons.